The van der Waals surface area contributed by atoms with Crippen LogP contribution >= 0.6 is 0 Å². The standard InChI is InChI=1S/C19H23FN4O3/c1-13-4-5-15(20)16(8-13)27-18-9-17(21-12-22-18)23-6-7-24(14(2)10-23)19(25)11-26-3/h4-5,8-9,12,14H,6-7,10-11H2,1-3H3/t14-/m0/s1. The fourth-order valence-corrected chi connectivity index (χ4v) is 3.10. The maximum atomic E-state index is 13.9. The topological polar surface area (TPSA) is 67.8 Å². The van der Waals surface area contributed by atoms with Crippen LogP contribution in [0.5, 0.6) is 11.6 Å². The molecule has 0 saturated carbocycles. The van der Waals surface area contributed by atoms with Crippen molar-refractivity contribution in [1.82, 2.24) is 14.9 Å². The molecule has 0 N–H and O–H groups in total. The number of carbonyl (C=O) groups is 1. The summed E-state index contributed by atoms with van der Waals surface area (Å²) in [5, 5.41) is 0. The zero-order valence-electron chi connectivity index (χ0n) is 15.7. The van der Waals surface area contributed by atoms with E-state index in [0.29, 0.717) is 25.5 Å². The number of methoxy groups -OCH3 is 1. The molecule has 0 spiro atoms. The Balaban J connectivity index is 1.71. The molecule has 1 amide bonds. The van der Waals surface area contributed by atoms with E-state index < -0.39 is 5.82 Å². The summed E-state index contributed by atoms with van der Waals surface area (Å²) in [6.45, 7) is 5.78. The highest BCUT2D eigenvalue weighted by Crippen LogP contribution is 2.26. The van der Waals surface area contributed by atoms with Crippen LogP contribution in [0.3, 0.4) is 0 Å². The second-order valence-electron chi connectivity index (χ2n) is 6.57. The number of carbonyl (C=O) groups excluding carboxylic acids is 1. The van der Waals surface area contributed by atoms with Crippen molar-refractivity contribution in [3.8, 4) is 11.6 Å². The van der Waals surface area contributed by atoms with Crippen molar-refractivity contribution in [3.63, 3.8) is 0 Å². The molecule has 1 aromatic heterocycles. The molecule has 0 radical (unpaired) electrons. The summed E-state index contributed by atoms with van der Waals surface area (Å²) in [7, 11) is 1.51. The Labute approximate surface area is 157 Å². The van der Waals surface area contributed by atoms with Gasteiger partial charge >= 0.3 is 0 Å². The third-order valence-electron chi connectivity index (χ3n) is 4.47. The van der Waals surface area contributed by atoms with Gasteiger partial charge in [0.25, 0.3) is 0 Å². The van der Waals surface area contributed by atoms with E-state index in [4.69, 9.17) is 9.47 Å². The summed E-state index contributed by atoms with van der Waals surface area (Å²) in [5.41, 5.74) is 0.895. The quantitative estimate of drug-likeness (QED) is 0.801. The highest BCUT2D eigenvalue weighted by molar-refractivity contribution is 5.78. The molecule has 0 bridgehead atoms. The molecule has 1 saturated heterocycles. The van der Waals surface area contributed by atoms with E-state index in [-0.39, 0.29) is 30.2 Å². The van der Waals surface area contributed by atoms with Crippen LogP contribution in [0, 0.1) is 12.7 Å². The van der Waals surface area contributed by atoms with Crippen LogP contribution in [0.2, 0.25) is 0 Å². The fourth-order valence-electron chi connectivity index (χ4n) is 3.10. The average molecular weight is 374 g/mol. The fraction of sp³-hybridized carbons (Fsp3) is 0.421. The van der Waals surface area contributed by atoms with Gasteiger partial charge in [0.1, 0.15) is 18.8 Å². The molecule has 1 fully saturated rings. The number of rotatable bonds is 5. The van der Waals surface area contributed by atoms with Crippen LogP contribution < -0.4 is 9.64 Å². The van der Waals surface area contributed by atoms with Crippen molar-refractivity contribution in [2.45, 2.75) is 19.9 Å². The van der Waals surface area contributed by atoms with Gasteiger partial charge < -0.3 is 19.3 Å². The van der Waals surface area contributed by atoms with Gasteiger partial charge in [0, 0.05) is 38.9 Å². The predicted molar refractivity (Wildman–Crippen MR) is 98.5 cm³/mol. The maximum absolute atomic E-state index is 13.9. The first kappa shape index (κ1) is 19.0. The van der Waals surface area contributed by atoms with Gasteiger partial charge in [0.15, 0.2) is 11.6 Å². The Hall–Kier alpha value is -2.74. The van der Waals surface area contributed by atoms with Crippen LogP contribution in [0.25, 0.3) is 0 Å². The van der Waals surface area contributed by atoms with E-state index in [1.54, 1.807) is 23.1 Å². The number of aromatic nitrogens is 2. The largest absolute Gasteiger partial charge is 0.436 e. The predicted octanol–water partition coefficient (Wildman–Crippen LogP) is 2.40. The molecule has 0 aliphatic carbocycles. The summed E-state index contributed by atoms with van der Waals surface area (Å²) in [6.07, 6.45) is 1.39. The first-order chi connectivity index (χ1) is 13.0. The van der Waals surface area contributed by atoms with Crippen LogP contribution in [0.4, 0.5) is 10.2 Å². The zero-order valence-corrected chi connectivity index (χ0v) is 15.7. The van der Waals surface area contributed by atoms with Crippen molar-refractivity contribution in [3.05, 3.63) is 42.0 Å². The van der Waals surface area contributed by atoms with Crippen molar-refractivity contribution in [2.24, 2.45) is 0 Å². The lowest BCUT2D eigenvalue weighted by molar-refractivity contribution is -0.137. The molecule has 1 aromatic carbocycles. The molecular weight excluding hydrogens is 351 g/mol. The van der Waals surface area contributed by atoms with Crippen LogP contribution in [-0.4, -0.2) is 60.2 Å². The number of benzene rings is 1. The average Bonchev–Trinajstić information content (AvgIpc) is 2.65. The minimum atomic E-state index is -0.445. The number of anilines is 1. The van der Waals surface area contributed by atoms with Gasteiger partial charge in [-0.3, -0.25) is 4.79 Å². The van der Waals surface area contributed by atoms with Gasteiger partial charge in [0.2, 0.25) is 11.8 Å². The second kappa shape index (κ2) is 8.30. The maximum Gasteiger partial charge on any atom is 0.248 e. The minimum absolute atomic E-state index is 0.0220. The monoisotopic (exact) mass is 374 g/mol. The van der Waals surface area contributed by atoms with Gasteiger partial charge in [-0.2, -0.15) is 0 Å². The Kier molecular flexibility index (Phi) is 5.85. The van der Waals surface area contributed by atoms with Gasteiger partial charge in [-0.15, -0.1) is 0 Å². The van der Waals surface area contributed by atoms with Crippen molar-refractivity contribution in [2.75, 3.05) is 38.3 Å². The Morgan fingerprint density at radius 3 is 2.85 bits per heavy atom. The number of halogens is 1. The Bertz CT molecular complexity index is 817. The molecule has 0 unspecified atom stereocenters. The number of piperazine rings is 1. The summed E-state index contributed by atoms with van der Waals surface area (Å²) in [6, 6.07) is 6.37. The highest BCUT2D eigenvalue weighted by Gasteiger charge is 2.28. The number of amides is 1. The van der Waals surface area contributed by atoms with Crippen molar-refractivity contribution < 1.29 is 18.7 Å². The number of hydrogen-bond donors (Lipinski definition) is 0. The summed E-state index contributed by atoms with van der Waals surface area (Å²) >= 11 is 0. The molecule has 7 nitrogen and oxygen atoms in total. The van der Waals surface area contributed by atoms with Crippen molar-refractivity contribution in [1.29, 1.82) is 0 Å². The first-order valence-corrected chi connectivity index (χ1v) is 8.77. The number of hydrogen-bond acceptors (Lipinski definition) is 6. The van der Waals surface area contributed by atoms with E-state index in [1.165, 1.54) is 19.5 Å². The number of ether oxygens (including phenoxy) is 2. The van der Waals surface area contributed by atoms with Crippen LogP contribution in [0.15, 0.2) is 30.6 Å². The van der Waals surface area contributed by atoms with Crippen molar-refractivity contribution >= 4 is 11.7 Å². The van der Waals surface area contributed by atoms with E-state index >= 15 is 0 Å². The molecule has 1 aliphatic rings. The Morgan fingerprint density at radius 1 is 1.30 bits per heavy atom. The molecule has 1 aliphatic heterocycles. The minimum Gasteiger partial charge on any atom is -0.436 e. The van der Waals surface area contributed by atoms with Gasteiger partial charge in [0.05, 0.1) is 0 Å². The van der Waals surface area contributed by atoms with Crippen LogP contribution in [-0.2, 0) is 9.53 Å². The lowest BCUT2D eigenvalue weighted by Gasteiger charge is -2.40. The smallest absolute Gasteiger partial charge is 0.248 e. The van der Waals surface area contributed by atoms with Gasteiger partial charge in [-0.05, 0) is 31.5 Å². The van der Waals surface area contributed by atoms with Crippen LogP contribution in [0.1, 0.15) is 12.5 Å². The molecule has 2 aromatic rings. The van der Waals surface area contributed by atoms with E-state index in [0.717, 1.165) is 5.56 Å². The lowest BCUT2D eigenvalue weighted by Crippen LogP contribution is -2.55. The normalized spacial score (nSPS) is 17.1. The first-order valence-electron chi connectivity index (χ1n) is 8.77. The van der Waals surface area contributed by atoms with E-state index in [1.807, 2.05) is 13.8 Å². The molecule has 3 rings (SSSR count). The van der Waals surface area contributed by atoms with Gasteiger partial charge in [-0.25, -0.2) is 14.4 Å². The second-order valence-corrected chi connectivity index (χ2v) is 6.57. The lowest BCUT2D eigenvalue weighted by atomic mass is 10.2. The molecule has 27 heavy (non-hydrogen) atoms. The number of aryl methyl sites for hydroxylation is 1. The molecular formula is C19H23FN4O3. The molecule has 2 heterocycles. The molecule has 144 valence electrons. The third kappa shape index (κ3) is 4.51. The zero-order chi connectivity index (χ0) is 19.4. The number of nitrogens with zero attached hydrogens (tertiary/aromatic N) is 4. The van der Waals surface area contributed by atoms with Gasteiger partial charge in [-0.1, -0.05) is 6.07 Å². The third-order valence-corrected chi connectivity index (χ3v) is 4.47. The Morgan fingerprint density at radius 2 is 2.11 bits per heavy atom. The molecule has 8 heteroatoms. The SMILES string of the molecule is COCC(=O)N1CCN(c2cc(Oc3cc(C)ccc3F)ncn2)C[C@@H]1C. The summed E-state index contributed by atoms with van der Waals surface area (Å²) < 4.78 is 24.5. The van der Waals surface area contributed by atoms with E-state index in [9.17, 15) is 9.18 Å². The van der Waals surface area contributed by atoms with E-state index in [2.05, 4.69) is 14.9 Å². The summed E-state index contributed by atoms with van der Waals surface area (Å²) in [4.78, 5) is 24.3. The summed E-state index contributed by atoms with van der Waals surface area (Å²) in [5.74, 6) is 0.614. The highest BCUT2D eigenvalue weighted by atomic mass is 19.1. The molecule has 1 atom stereocenters.